The van der Waals surface area contributed by atoms with Crippen molar-refractivity contribution in [2.24, 2.45) is 0 Å². The Balaban J connectivity index is 2.04. The summed E-state index contributed by atoms with van der Waals surface area (Å²) >= 11 is 0. The lowest BCUT2D eigenvalue weighted by atomic mass is 9.80. The van der Waals surface area contributed by atoms with Crippen molar-refractivity contribution < 1.29 is 4.79 Å². The van der Waals surface area contributed by atoms with Crippen molar-refractivity contribution in [3.05, 3.63) is 0 Å². The van der Waals surface area contributed by atoms with E-state index < -0.39 is 0 Å². The number of carbonyl (C=O) groups is 1. The third-order valence-electron chi connectivity index (χ3n) is 4.70. The summed E-state index contributed by atoms with van der Waals surface area (Å²) in [7, 11) is 2.06. The van der Waals surface area contributed by atoms with Gasteiger partial charge in [-0.2, -0.15) is 0 Å². The number of hydrogen-bond acceptors (Lipinski definition) is 3. The Morgan fingerprint density at radius 3 is 2.21 bits per heavy atom. The second-order valence-corrected chi connectivity index (χ2v) is 6.48. The van der Waals surface area contributed by atoms with Crippen molar-refractivity contribution in [1.29, 1.82) is 0 Å². The fourth-order valence-electron chi connectivity index (χ4n) is 3.83. The van der Waals surface area contributed by atoms with Gasteiger partial charge in [0.2, 0.25) is 5.91 Å². The van der Waals surface area contributed by atoms with Crippen LogP contribution in [0.1, 0.15) is 52.9 Å². The summed E-state index contributed by atoms with van der Waals surface area (Å²) in [5.41, 5.74) is 0. The van der Waals surface area contributed by atoms with E-state index in [9.17, 15) is 4.79 Å². The molecule has 2 rings (SSSR count). The van der Waals surface area contributed by atoms with Gasteiger partial charge in [-0.05, 0) is 53.5 Å². The molecule has 2 bridgehead atoms. The normalized spacial score (nSPS) is 33.2. The van der Waals surface area contributed by atoms with E-state index in [1.807, 2.05) is 13.8 Å². The molecule has 3 atom stereocenters. The van der Waals surface area contributed by atoms with Crippen molar-refractivity contribution >= 4 is 5.91 Å². The third-order valence-corrected chi connectivity index (χ3v) is 4.70. The standard InChI is InChI=1S/C15H29N3O/c1-10(2)17-15(19)11(3)18-13-6-5-7-14(18)9-12(8-13)16-4/h10-14,16H,5-9H2,1-4H3,(H,17,19). The SMILES string of the molecule is CNC1CC2CCCC(C1)N2C(C)C(=O)NC(C)C. The number of fused-ring (bicyclic) bond motifs is 2. The number of rotatable bonds is 4. The fraction of sp³-hybridized carbons (Fsp3) is 0.933. The smallest absolute Gasteiger partial charge is 0.237 e. The monoisotopic (exact) mass is 267 g/mol. The molecule has 0 aromatic carbocycles. The minimum absolute atomic E-state index is 0.00973. The van der Waals surface area contributed by atoms with Crippen LogP contribution < -0.4 is 10.6 Å². The molecule has 4 nitrogen and oxygen atoms in total. The van der Waals surface area contributed by atoms with Crippen molar-refractivity contribution in [3.8, 4) is 0 Å². The summed E-state index contributed by atoms with van der Waals surface area (Å²) in [5, 5.41) is 6.48. The largest absolute Gasteiger partial charge is 0.353 e. The number of piperidine rings is 2. The molecule has 1 amide bonds. The third kappa shape index (κ3) is 3.29. The van der Waals surface area contributed by atoms with Gasteiger partial charge < -0.3 is 10.6 Å². The van der Waals surface area contributed by atoms with Gasteiger partial charge >= 0.3 is 0 Å². The van der Waals surface area contributed by atoms with Gasteiger partial charge in [-0.25, -0.2) is 0 Å². The highest BCUT2D eigenvalue weighted by Crippen LogP contribution is 2.35. The molecular formula is C15H29N3O. The first kappa shape index (κ1) is 14.8. The van der Waals surface area contributed by atoms with E-state index in [0.29, 0.717) is 18.1 Å². The average molecular weight is 267 g/mol. The van der Waals surface area contributed by atoms with Crippen molar-refractivity contribution in [3.63, 3.8) is 0 Å². The Labute approximate surface area is 117 Å². The summed E-state index contributed by atoms with van der Waals surface area (Å²) < 4.78 is 0. The molecule has 0 aromatic rings. The molecule has 0 aromatic heterocycles. The van der Waals surface area contributed by atoms with E-state index >= 15 is 0 Å². The molecule has 4 heteroatoms. The van der Waals surface area contributed by atoms with Gasteiger partial charge in [0.1, 0.15) is 0 Å². The molecule has 2 fully saturated rings. The maximum Gasteiger partial charge on any atom is 0.237 e. The van der Waals surface area contributed by atoms with Gasteiger partial charge in [-0.3, -0.25) is 9.69 Å². The van der Waals surface area contributed by atoms with Crippen LogP contribution in [0.5, 0.6) is 0 Å². The lowest BCUT2D eigenvalue weighted by molar-refractivity contribution is -0.131. The van der Waals surface area contributed by atoms with Crippen LogP contribution in [0.15, 0.2) is 0 Å². The lowest BCUT2D eigenvalue weighted by Gasteiger charge is -2.51. The zero-order valence-corrected chi connectivity index (χ0v) is 12.8. The highest BCUT2D eigenvalue weighted by Gasteiger charge is 2.41. The molecule has 19 heavy (non-hydrogen) atoms. The molecule has 110 valence electrons. The van der Waals surface area contributed by atoms with Crippen LogP contribution in [-0.4, -0.2) is 48.1 Å². The maximum absolute atomic E-state index is 12.3. The average Bonchev–Trinajstić information content (AvgIpc) is 2.35. The highest BCUT2D eigenvalue weighted by atomic mass is 16.2. The predicted molar refractivity (Wildman–Crippen MR) is 78.1 cm³/mol. The molecule has 2 heterocycles. The number of carbonyl (C=O) groups excluding carboxylic acids is 1. The molecule has 2 aliphatic heterocycles. The van der Waals surface area contributed by atoms with Crippen LogP contribution in [0, 0.1) is 0 Å². The summed E-state index contributed by atoms with van der Waals surface area (Å²) in [6.45, 7) is 6.13. The van der Waals surface area contributed by atoms with Crippen LogP contribution in [0.4, 0.5) is 0 Å². The van der Waals surface area contributed by atoms with Crippen LogP contribution in [0.2, 0.25) is 0 Å². The van der Waals surface area contributed by atoms with Crippen LogP contribution in [-0.2, 0) is 4.79 Å². The van der Waals surface area contributed by atoms with Gasteiger partial charge in [0, 0.05) is 24.2 Å². The second-order valence-electron chi connectivity index (χ2n) is 6.48. The van der Waals surface area contributed by atoms with E-state index in [4.69, 9.17) is 0 Å². The Kier molecular flexibility index (Phi) is 4.85. The first-order chi connectivity index (χ1) is 9.02. The van der Waals surface area contributed by atoms with Crippen molar-refractivity contribution in [1.82, 2.24) is 15.5 Å². The molecule has 2 saturated heterocycles. The minimum atomic E-state index is 0.00973. The maximum atomic E-state index is 12.3. The van der Waals surface area contributed by atoms with Crippen LogP contribution >= 0.6 is 0 Å². The Morgan fingerprint density at radius 1 is 1.16 bits per heavy atom. The topological polar surface area (TPSA) is 44.4 Å². The molecule has 0 spiro atoms. The van der Waals surface area contributed by atoms with Gasteiger partial charge in [-0.15, -0.1) is 0 Å². The number of nitrogens with one attached hydrogen (secondary N) is 2. The van der Waals surface area contributed by atoms with Gasteiger partial charge in [0.25, 0.3) is 0 Å². The van der Waals surface area contributed by atoms with Gasteiger partial charge in [0.15, 0.2) is 0 Å². The highest BCUT2D eigenvalue weighted by molar-refractivity contribution is 5.81. The van der Waals surface area contributed by atoms with E-state index in [-0.39, 0.29) is 18.0 Å². The number of amides is 1. The van der Waals surface area contributed by atoms with E-state index in [2.05, 4.69) is 29.5 Å². The molecule has 0 saturated carbocycles. The van der Waals surface area contributed by atoms with E-state index in [1.54, 1.807) is 0 Å². The Morgan fingerprint density at radius 2 is 1.74 bits per heavy atom. The Bertz CT molecular complexity index is 305. The summed E-state index contributed by atoms with van der Waals surface area (Å²) in [5.74, 6) is 0.190. The van der Waals surface area contributed by atoms with Gasteiger partial charge in [-0.1, -0.05) is 6.42 Å². The minimum Gasteiger partial charge on any atom is -0.353 e. The van der Waals surface area contributed by atoms with E-state index in [1.165, 1.54) is 32.1 Å². The van der Waals surface area contributed by atoms with Crippen LogP contribution in [0.3, 0.4) is 0 Å². The van der Waals surface area contributed by atoms with Crippen LogP contribution in [0.25, 0.3) is 0 Å². The molecule has 0 aliphatic carbocycles. The quantitative estimate of drug-likeness (QED) is 0.811. The molecule has 0 radical (unpaired) electrons. The zero-order chi connectivity index (χ0) is 14.0. The summed E-state index contributed by atoms with van der Waals surface area (Å²) in [6.07, 6.45) is 6.18. The molecule has 3 unspecified atom stereocenters. The van der Waals surface area contributed by atoms with Crippen molar-refractivity contribution in [2.75, 3.05) is 7.05 Å². The van der Waals surface area contributed by atoms with Gasteiger partial charge in [0.05, 0.1) is 6.04 Å². The predicted octanol–water partition coefficient (Wildman–Crippen LogP) is 1.50. The summed E-state index contributed by atoms with van der Waals surface area (Å²) in [4.78, 5) is 14.8. The zero-order valence-electron chi connectivity index (χ0n) is 12.8. The fourth-order valence-corrected chi connectivity index (χ4v) is 3.83. The molecule has 2 aliphatic rings. The lowest BCUT2D eigenvalue weighted by Crippen LogP contribution is -2.61. The molecule has 2 N–H and O–H groups in total. The Hall–Kier alpha value is -0.610. The molecular weight excluding hydrogens is 238 g/mol. The first-order valence-electron chi connectivity index (χ1n) is 7.78. The number of nitrogens with zero attached hydrogens (tertiary/aromatic N) is 1. The number of hydrogen-bond donors (Lipinski definition) is 2. The van der Waals surface area contributed by atoms with E-state index in [0.717, 1.165) is 0 Å². The van der Waals surface area contributed by atoms with Crippen molar-refractivity contribution in [2.45, 2.75) is 83.1 Å². The second kappa shape index (κ2) is 6.23. The summed E-state index contributed by atoms with van der Waals surface area (Å²) in [6, 6.07) is 2.03. The first-order valence-corrected chi connectivity index (χ1v) is 7.78.